The summed E-state index contributed by atoms with van der Waals surface area (Å²) in [4.78, 5) is 11.1. The minimum atomic E-state index is -0.581. The lowest BCUT2D eigenvalue weighted by Gasteiger charge is -2.46. The molecule has 3 nitrogen and oxygen atoms in total. The third kappa shape index (κ3) is 2.10. The van der Waals surface area contributed by atoms with Gasteiger partial charge >= 0.3 is 5.97 Å². The summed E-state index contributed by atoms with van der Waals surface area (Å²) in [5.74, 6) is 2.70. The first kappa shape index (κ1) is 11.8. The first-order valence-electron chi connectivity index (χ1n) is 6.65. The molecule has 1 saturated carbocycles. The summed E-state index contributed by atoms with van der Waals surface area (Å²) >= 11 is 1.98. The quantitative estimate of drug-likeness (QED) is 0.824. The van der Waals surface area contributed by atoms with E-state index in [1.807, 2.05) is 11.8 Å². The molecule has 0 aromatic heterocycles. The Morgan fingerprint density at radius 2 is 2.24 bits per heavy atom. The number of carboxylic acids is 1. The van der Waals surface area contributed by atoms with Crippen LogP contribution in [0.15, 0.2) is 0 Å². The first-order valence-corrected chi connectivity index (χ1v) is 7.80. The highest BCUT2D eigenvalue weighted by molar-refractivity contribution is 7.99. The van der Waals surface area contributed by atoms with Gasteiger partial charge in [-0.15, -0.1) is 0 Å². The fourth-order valence-electron chi connectivity index (χ4n) is 3.69. The number of hydrogen-bond donors (Lipinski definition) is 1. The van der Waals surface area contributed by atoms with Gasteiger partial charge in [0.15, 0.2) is 0 Å². The smallest absolute Gasteiger partial charge is 0.306 e. The molecule has 2 aliphatic heterocycles. The predicted molar refractivity (Wildman–Crippen MR) is 67.2 cm³/mol. The van der Waals surface area contributed by atoms with Crippen molar-refractivity contribution in [2.45, 2.75) is 37.7 Å². The standard InChI is InChI=1S/C13H20O3S/c14-12(15)11-2-1-10(11)9-3-5-16-13(7-9)4-6-17-8-13/h9-11H,1-8H2,(H,14,15). The predicted octanol–water partition coefficient (Wildman–Crippen LogP) is 2.40. The Morgan fingerprint density at radius 1 is 1.35 bits per heavy atom. The van der Waals surface area contributed by atoms with Gasteiger partial charge in [0, 0.05) is 12.4 Å². The van der Waals surface area contributed by atoms with Gasteiger partial charge in [0.2, 0.25) is 0 Å². The number of ether oxygens (including phenoxy) is 1. The molecule has 2 heterocycles. The summed E-state index contributed by atoms with van der Waals surface area (Å²) in [5, 5.41) is 9.16. The van der Waals surface area contributed by atoms with Crippen molar-refractivity contribution in [1.29, 1.82) is 0 Å². The van der Waals surface area contributed by atoms with Crippen LogP contribution in [-0.2, 0) is 9.53 Å². The van der Waals surface area contributed by atoms with Crippen molar-refractivity contribution in [2.24, 2.45) is 17.8 Å². The maximum Gasteiger partial charge on any atom is 0.306 e. The van der Waals surface area contributed by atoms with Crippen LogP contribution in [0.25, 0.3) is 0 Å². The Labute approximate surface area is 106 Å². The van der Waals surface area contributed by atoms with Crippen molar-refractivity contribution in [3.8, 4) is 0 Å². The normalized spacial score (nSPS) is 45.8. The van der Waals surface area contributed by atoms with Crippen molar-refractivity contribution in [3.63, 3.8) is 0 Å². The van der Waals surface area contributed by atoms with Crippen molar-refractivity contribution < 1.29 is 14.6 Å². The van der Waals surface area contributed by atoms with Crippen molar-refractivity contribution in [1.82, 2.24) is 0 Å². The average Bonchev–Trinajstić information content (AvgIpc) is 2.64. The Hall–Kier alpha value is -0.220. The molecule has 4 unspecified atom stereocenters. The van der Waals surface area contributed by atoms with E-state index in [2.05, 4.69) is 0 Å². The van der Waals surface area contributed by atoms with Crippen molar-refractivity contribution >= 4 is 17.7 Å². The van der Waals surface area contributed by atoms with E-state index in [-0.39, 0.29) is 11.5 Å². The molecule has 1 N–H and O–H groups in total. The van der Waals surface area contributed by atoms with Crippen LogP contribution < -0.4 is 0 Å². The third-order valence-corrected chi connectivity index (χ3v) is 6.07. The van der Waals surface area contributed by atoms with Gasteiger partial charge in [-0.25, -0.2) is 0 Å². The second kappa shape index (κ2) is 4.47. The zero-order valence-electron chi connectivity index (χ0n) is 10.1. The van der Waals surface area contributed by atoms with Gasteiger partial charge < -0.3 is 9.84 Å². The van der Waals surface area contributed by atoms with Crippen LogP contribution in [0.3, 0.4) is 0 Å². The highest BCUT2D eigenvalue weighted by Crippen LogP contribution is 2.49. The molecule has 3 fully saturated rings. The van der Waals surface area contributed by atoms with Gasteiger partial charge in [0.25, 0.3) is 0 Å². The molecule has 0 amide bonds. The van der Waals surface area contributed by atoms with E-state index >= 15 is 0 Å². The summed E-state index contributed by atoms with van der Waals surface area (Å²) in [5.41, 5.74) is 0.103. The highest BCUT2D eigenvalue weighted by Gasteiger charge is 2.47. The first-order chi connectivity index (χ1) is 8.20. The molecule has 0 aromatic carbocycles. The Morgan fingerprint density at radius 3 is 2.82 bits per heavy atom. The number of hydrogen-bond acceptors (Lipinski definition) is 3. The maximum absolute atomic E-state index is 11.1. The molecular weight excluding hydrogens is 236 g/mol. The van der Waals surface area contributed by atoms with E-state index in [1.165, 1.54) is 12.2 Å². The topological polar surface area (TPSA) is 46.5 Å². The molecule has 2 saturated heterocycles. The summed E-state index contributed by atoms with van der Waals surface area (Å²) in [6.45, 7) is 0.841. The molecule has 17 heavy (non-hydrogen) atoms. The fraction of sp³-hybridized carbons (Fsp3) is 0.923. The zero-order chi connectivity index (χ0) is 11.9. The van der Waals surface area contributed by atoms with E-state index in [0.29, 0.717) is 11.8 Å². The number of carbonyl (C=O) groups is 1. The second-order valence-electron chi connectivity index (χ2n) is 5.77. The van der Waals surface area contributed by atoms with E-state index < -0.39 is 5.97 Å². The van der Waals surface area contributed by atoms with E-state index in [1.54, 1.807) is 0 Å². The highest BCUT2D eigenvalue weighted by atomic mass is 32.2. The van der Waals surface area contributed by atoms with Gasteiger partial charge in [-0.2, -0.15) is 11.8 Å². The molecule has 0 aromatic rings. The number of thioether (sulfide) groups is 1. The molecule has 0 bridgehead atoms. The maximum atomic E-state index is 11.1. The summed E-state index contributed by atoms with van der Waals surface area (Å²) < 4.78 is 6.00. The third-order valence-electron chi connectivity index (χ3n) is 4.85. The molecule has 1 aliphatic carbocycles. The second-order valence-corrected chi connectivity index (χ2v) is 6.88. The van der Waals surface area contributed by atoms with Crippen molar-refractivity contribution in [2.75, 3.05) is 18.1 Å². The minimum absolute atomic E-state index is 0.0655. The molecule has 3 aliphatic rings. The Kier molecular flexibility index (Phi) is 3.11. The molecular formula is C13H20O3S. The zero-order valence-corrected chi connectivity index (χ0v) is 10.9. The monoisotopic (exact) mass is 256 g/mol. The van der Waals surface area contributed by atoms with E-state index in [9.17, 15) is 4.79 Å². The van der Waals surface area contributed by atoms with Crippen LogP contribution in [0.4, 0.5) is 0 Å². The molecule has 1 spiro atoms. The number of carboxylic acid groups (broad SMARTS) is 1. The molecule has 3 rings (SSSR count). The fourth-order valence-corrected chi connectivity index (χ4v) is 5.07. The lowest BCUT2D eigenvalue weighted by atomic mass is 9.63. The SMILES string of the molecule is O=C(O)C1CCC1C1CCOC2(CCSC2)C1. The van der Waals surface area contributed by atoms with Crippen LogP contribution in [-0.4, -0.2) is 34.8 Å². The van der Waals surface area contributed by atoms with Crippen LogP contribution in [0.2, 0.25) is 0 Å². The Bertz CT molecular complexity index is 312. The van der Waals surface area contributed by atoms with Crippen molar-refractivity contribution in [3.05, 3.63) is 0 Å². The molecule has 0 radical (unpaired) electrons. The summed E-state index contributed by atoms with van der Waals surface area (Å²) in [7, 11) is 0. The molecule has 4 atom stereocenters. The van der Waals surface area contributed by atoms with Gasteiger partial charge in [0.05, 0.1) is 11.5 Å². The van der Waals surface area contributed by atoms with Crippen LogP contribution >= 0.6 is 11.8 Å². The number of aliphatic carboxylic acids is 1. The lowest BCUT2D eigenvalue weighted by Crippen LogP contribution is -2.46. The van der Waals surface area contributed by atoms with Gasteiger partial charge in [-0.1, -0.05) is 0 Å². The Balaban J connectivity index is 1.66. The van der Waals surface area contributed by atoms with Gasteiger partial charge in [-0.3, -0.25) is 4.79 Å². The van der Waals surface area contributed by atoms with Gasteiger partial charge in [-0.05, 0) is 49.7 Å². The average molecular weight is 256 g/mol. The number of rotatable bonds is 2. The molecule has 96 valence electrons. The van der Waals surface area contributed by atoms with E-state index in [4.69, 9.17) is 9.84 Å². The summed E-state index contributed by atoms with van der Waals surface area (Å²) in [6.07, 6.45) is 5.35. The van der Waals surface area contributed by atoms with E-state index in [0.717, 1.165) is 38.0 Å². The molecule has 4 heteroatoms. The lowest BCUT2D eigenvalue weighted by molar-refractivity contribution is -0.154. The van der Waals surface area contributed by atoms with Crippen LogP contribution in [0.1, 0.15) is 32.1 Å². The summed E-state index contributed by atoms with van der Waals surface area (Å²) in [6, 6.07) is 0. The van der Waals surface area contributed by atoms with Crippen LogP contribution in [0, 0.1) is 17.8 Å². The van der Waals surface area contributed by atoms with Crippen LogP contribution in [0.5, 0.6) is 0 Å². The largest absolute Gasteiger partial charge is 0.481 e. The minimum Gasteiger partial charge on any atom is -0.481 e. The van der Waals surface area contributed by atoms with Gasteiger partial charge in [0.1, 0.15) is 0 Å².